The molecule has 0 spiro atoms. The number of rotatable bonds is 7. The molecule has 174 valence electrons. The second-order valence-electron chi connectivity index (χ2n) is 7.43. The monoisotopic (exact) mass is 503 g/mol. The minimum atomic E-state index is -0.443. The van der Waals surface area contributed by atoms with Crippen LogP contribution >= 0.6 is 23.4 Å². The predicted octanol–water partition coefficient (Wildman–Crippen LogP) is 5.47. The van der Waals surface area contributed by atoms with Crippen LogP contribution in [0.5, 0.6) is 5.75 Å². The Bertz CT molecular complexity index is 1370. The van der Waals surface area contributed by atoms with Gasteiger partial charge in [-0.3, -0.25) is 19.3 Å². The Morgan fingerprint density at radius 2 is 1.83 bits per heavy atom. The molecule has 0 unspecified atom stereocenters. The largest absolute Gasteiger partial charge is 0.482 e. The number of benzene rings is 3. The maximum Gasteiger partial charge on any atom is 0.293 e. The van der Waals surface area contributed by atoms with E-state index in [0.717, 1.165) is 16.7 Å². The highest BCUT2D eigenvalue weighted by atomic mass is 35.5. The van der Waals surface area contributed by atoms with Gasteiger partial charge in [-0.2, -0.15) is 5.26 Å². The smallest absolute Gasteiger partial charge is 0.293 e. The summed E-state index contributed by atoms with van der Waals surface area (Å²) in [6.45, 7) is -0.207. The van der Waals surface area contributed by atoms with Gasteiger partial charge >= 0.3 is 0 Å². The van der Waals surface area contributed by atoms with Crippen molar-refractivity contribution in [2.24, 2.45) is 0 Å². The number of ether oxygens (including phenoxy) is 1. The highest BCUT2D eigenvalue weighted by Gasteiger charge is 2.35. The summed E-state index contributed by atoms with van der Waals surface area (Å²) >= 11 is 7.13. The molecule has 0 saturated carbocycles. The van der Waals surface area contributed by atoms with E-state index in [1.165, 1.54) is 0 Å². The lowest BCUT2D eigenvalue weighted by atomic mass is 10.1. The van der Waals surface area contributed by atoms with Crippen LogP contribution in [0.25, 0.3) is 6.08 Å². The number of para-hydroxylation sites is 1. The van der Waals surface area contributed by atoms with E-state index in [2.05, 4.69) is 11.4 Å². The van der Waals surface area contributed by atoms with Crippen LogP contribution in [0.4, 0.5) is 10.5 Å². The summed E-state index contributed by atoms with van der Waals surface area (Å²) < 4.78 is 5.51. The molecule has 1 aliphatic heterocycles. The quantitative estimate of drug-likeness (QED) is 0.429. The lowest BCUT2D eigenvalue weighted by molar-refractivity contribution is -0.123. The topological polar surface area (TPSA) is 99.5 Å². The third-order valence-corrected chi connectivity index (χ3v) is 6.21. The normalized spacial score (nSPS) is 14.2. The zero-order valence-corrected chi connectivity index (χ0v) is 19.8. The molecule has 0 atom stereocenters. The number of carbonyl (C=O) groups excluding carboxylic acids is 3. The van der Waals surface area contributed by atoms with E-state index in [1.54, 1.807) is 60.7 Å². The Labute approximate surface area is 210 Å². The summed E-state index contributed by atoms with van der Waals surface area (Å²) in [5.74, 6) is -0.460. The molecule has 9 heteroatoms. The second-order valence-corrected chi connectivity index (χ2v) is 8.83. The Hall–Kier alpha value is -4.06. The minimum Gasteiger partial charge on any atom is -0.482 e. The van der Waals surface area contributed by atoms with E-state index < -0.39 is 11.1 Å². The molecule has 7 nitrogen and oxygen atoms in total. The van der Waals surface area contributed by atoms with Gasteiger partial charge in [0.1, 0.15) is 5.75 Å². The highest BCUT2D eigenvalue weighted by Crippen LogP contribution is 2.35. The lowest BCUT2D eigenvalue weighted by Gasteiger charge is -2.13. The molecular formula is C26H18ClN3O4S. The Morgan fingerprint density at radius 3 is 2.57 bits per heavy atom. The number of thioether (sulfide) groups is 1. The van der Waals surface area contributed by atoms with Crippen molar-refractivity contribution in [2.45, 2.75) is 6.54 Å². The Balaban J connectivity index is 1.41. The van der Waals surface area contributed by atoms with E-state index >= 15 is 0 Å². The predicted molar refractivity (Wildman–Crippen MR) is 135 cm³/mol. The summed E-state index contributed by atoms with van der Waals surface area (Å²) in [6, 6.07) is 22.8. The van der Waals surface area contributed by atoms with Gasteiger partial charge in [0.15, 0.2) is 6.61 Å². The fourth-order valence-corrected chi connectivity index (χ4v) is 4.39. The van der Waals surface area contributed by atoms with Gasteiger partial charge in [-0.25, -0.2) is 0 Å². The molecule has 1 heterocycles. The van der Waals surface area contributed by atoms with Crippen LogP contribution in [0.2, 0.25) is 5.02 Å². The van der Waals surface area contributed by atoms with Crippen LogP contribution < -0.4 is 10.1 Å². The van der Waals surface area contributed by atoms with Gasteiger partial charge in [0.05, 0.1) is 28.1 Å². The van der Waals surface area contributed by atoms with Crippen molar-refractivity contribution in [3.05, 3.63) is 99.4 Å². The third kappa shape index (κ3) is 5.90. The Kier molecular flexibility index (Phi) is 7.51. The molecule has 3 aromatic rings. The average Bonchev–Trinajstić information content (AvgIpc) is 3.11. The number of carbonyl (C=O) groups is 3. The summed E-state index contributed by atoms with van der Waals surface area (Å²) in [4.78, 5) is 38.7. The van der Waals surface area contributed by atoms with Crippen LogP contribution in [-0.2, 0) is 16.1 Å². The third-order valence-electron chi connectivity index (χ3n) is 5.01. The van der Waals surface area contributed by atoms with Crippen molar-refractivity contribution in [3.63, 3.8) is 0 Å². The molecule has 3 amide bonds. The number of hydrogen-bond donors (Lipinski definition) is 1. The van der Waals surface area contributed by atoms with E-state index in [1.807, 2.05) is 18.2 Å². The second kappa shape index (κ2) is 10.9. The van der Waals surface area contributed by atoms with Gasteiger partial charge in [-0.05, 0) is 59.3 Å². The number of hydrogen-bond acceptors (Lipinski definition) is 6. The molecule has 0 radical (unpaired) electrons. The number of nitrogens with zero attached hydrogens (tertiary/aromatic N) is 2. The number of amides is 3. The molecule has 1 N–H and O–H groups in total. The van der Waals surface area contributed by atoms with Gasteiger partial charge < -0.3 is 10.1 Å². The molecular weight excluding hydrogens is 486 g/mol. The molecule has 0 bridgehead atoms. The van der Waals surface area contributed by atoms with E-state index in [9.17, 15) is 19.6 Å². The number of anilines is 1. The summed E-state index contributed by atoms with van der Waals surface area (Å²) in [6.07, 6.45) is 1.57. The first kappa shape index (κ1) is 24.1. The molecule has 0 aromatic heterocycles. The number of imide groups is 1. The SMILES string of the molecule is N#Cc1ccccc1CN1C(=O)S/C(=C/c2ccc(OCC(=O)Nc3ccccc3)c(Cl)c2)C1=O. The molecule has 1 fully saturated rings. The fraction of sp³-hybridized carbons (Fsp3) is 0.0769. The highest BCUT2D eigenvalue weighted by molar-refractivity contribution is 8.18. The van der Waals surface area contributed by atoms with Crippen LogP contribution in [0, 0.1) is 11.3 Å². The average molecular weight is 504 g/mol. The summed E-state index contributed by atoms with van der Waals surface area (Å²) in [5, 5.41) is 11.8. The molecule has 1 aliphatic rings. The Morgan fingerprint density at radius 1 is 1.09 bits per heavy atom. The fourth-order valence-electron chi connectivity index (χ4n) is 3.31. The first-order valence-corrected chi connectivity index (χ1v) is 11.6. The summed E-state index contributed by atoms with van der Waals surface area (Å²) in [7, 11) is 0. The van der Waals surface area contributed by atoms with E-state index in [-0.39, 0.29) is 29.0 Å². The van der Waals surface area contributed by atoms with E-state index in [0.29, 0.717) is 28.1 Å². The van der Waals surface area contributed by atoms with Crippen molar-refractivity contribution in [3.8, 4) is 11.8 Å². The van der Waals surface area contributed by atoms with Crippen LogP contribution in [0.3, 0.4) is 0 Å². The van der Waals surface area contributed by atoms with Crippen LogP contribution in [-0.4, -0.2) is 28.6 Å². The number of nitriles is 1. The molecule has 4 rings (SSSR count). The van der Waals surface area contributed by atoms with Gasteiger partial charge in [-0.1, -0.05) is 54.1 Å². The maximum absolute atomic E-state index is 12.8. The lowest BCUT2D eigenvalue weighted by Crippen LogP contribution is -2.27. The van der Waals surface area contributed by atoms with Crippen molar-refractivity contribution in [1.82, 2.24) is 4.90 Å². The van der Waals surface area contributed by atoms with Crippen LogP contribution in [0.15, 0.2) is 77.7 Å². The van der Waals surface area contributed by atoms with Crippen molar-refractivity contribution >= 4 is 52.2 Å². The summed E-state index contributed by atoms with van der Waals surface area (Å²) in [5.41, 5.74) is 2.27. The zero-order chi connectivity index (χ0) is 24.8. The zero-order valence-electron chi connectivity index (χ0n) is 18.2. The minimum absolute atomic E-state index is 0.0182. The molecule has 0 aliphatic carbocycles. The van der Waals surface area contributed by atoms with Crippen molar-refractivity contribution in [2.75, 3.05) is 11.9 Å². The standard InChI is InChI=1S/C26H18ClN3O4S/c27-21-12-17(10-11-22(21)34-16-24(31)29-20-8-2-1-3-9-20)13-23-25(32)30(26(33)35-23)15-19-7-5-4-6-18(19)14-28/h1-13H,15-16H2,(H,29,31)/b23-13+. The number of halogens is 1. The molecule has 35 heavy (non-hydrogen) atoms. The first-order chi connectivity index (χ1) is 16.9. The first-order valence-electron chi connectivity index (χ1n) is 10.4. The molecule has 1 saturated heterocycles. The van der Waals surface area contributed by atoms with Crippen molar-refractivity contribution in [1.29, 1.82) is 5.26 Å². The van der Waals surface area contributed by atoms with Gasteiger partial charge in [0.25, 0.3) is 17.1 Å². The van der Waals surface area contributed by atoms with Gasteiger partial charge in [0, 0.05) is 5.69 Å². The van der Waals surface area contributed by atoms with Crippen LogP contribution in [0.1, 0.15) is 16.7 Å². The van der Waals surface area contributed by atoms with E-state index in [4.69, 9.17) is 16.3 Å². The van der Waals surface area contributed by atoms with Gasteiger partial charge in [0.2, 0.25) is 0 Å². The number of nitrogens with one attached hydrogen (secondary N) is 1. The van der Waals surface area contributed by atoms with Gasteiger partial charge in [-0.15, -0.1) is 0 Å². The molecule has 3 aromatic carbocycles. The maximum atomic E-state index is 12.8. The van der Waals surface area contributed by atoms with Crippen molar-refractivity contribution < 1.29 is 19.1 Å².